The number of hydrogen-bond acceptors (Lipinski definition) is 4. The van der Waals surface area contributed by atoms with E-state index < -0.39 is 12.2 Å². The molecule has 0 aromatic heterocycles. The van der Waals surface area contributed by atoms with Gasteiger partial charge in [0.25, 0.3) is 0 Å². The first-order valence-electron chi connectivity index (χ1n) is 5.61. The minimum absolute atomic E-state index is 0.0660. The summed E-state index contributed by atoms with van der Waals surface area (Å²) in [6, 6.07) is 5.84. The monoisotopic (exact) mass is 222 g/mol. The number of hydrogen-bond donors (Lipinski definition) is 4. The Bertz CT molecular complexity index is 368. The topological polar surface area (TPSA) is 78.5 Å². The maximum atomic E-state index is 9.84. The summed E-state index contributed by atoms with van der Waals surface area (Å²) < 4.78 is 0. The summed E-state index contributed by atoms with van der Waals surface area (Å²) in [4.78, 5) is 0. The van der Waals surface area contributed by atoms with Gasteiger partial charge in [-0.05, 0) is 29.7 Å². The Morgan fingerprint density at radius 1 is 1.31 bits per heavy atom. The van der Waals surface area contributed by atoms with Crippen LogP contribution in [0.15, 0.2) is 18.2 Å². The third kappa shape index (κ3) is 2.25. The highest BCUT2D eigenvalue weighted by molar-refractivity contribution is 5.35. The summed E-state index contributed by atoms with van der Waals surface area (Å²) in [5, 5.41) is 22.6. The molecule has 1 aromatic rings. The number of aliphatic hydroxyl groups excluding tert-OH is 2. The molecule has 0 spiro atoms. The highest BCUT2D eigenvalue weighted by Gasteiger charge is 2.18. The van der Waals surface area contributed by atoms with Crippen molar-refractivity contribution < 1.29 is 10.2 Å². The third-order valence-electron chi connectivity index (χ3n) is 3.06. The van der Waals surface area contributed by atoms with Crippen LogP contribution in [-0.4, -0.2) is 29.4 Å². The second-order valence-corrected chi connectivity index (χ2v) is 4.20. The van der Waals surface area contributed by atoms with E-state index in [1.165, 1.54) is 11.1 Å². The Labute approximate surface area is 95.1 Å². The van der Waals surface area contributed by atoms with E-state index in [9.17, 15) is 10.2 Å². The van der Waals surface area contributed by atoms with Gasteiger partial charge in [0, 0.05) is 13.1 Å². The van der Waals surface area contributed by atoms with Gasteiger partial charge < -0.3 is 21.3 Å². The molecule has 0 amide bonds. The molecule has 0 radical (unpaired) electrons. The molecule has 5 N–H and O–H groups in total. The van der Waals surface area contributed by atoms with Gasteiger partial charge in [-0.25, -0.2) is 0 Å². The molecule has 0 bridgehead atoms. The summed E-state index contributed by atoms with van der Waals surface area (Å²) >= 11 is 0. The van der Waals surface area contributed by atoms with Crippen molar-refractivity contribution in [3.63, 3.8) is 0 Å². The molecular weight excluding hydrogens is 204 g/mol. The Kier molecular flexibility index (Phi) is 3.56. The second-order valence-electron chi connectivity index (χ2n) is 4.20. The third-order valence-corrected chi connectivity index (χ3v) is 3.06. The zero-order chi connectivity index (χ0) is 11.5. The van der Waals surface area contributed by atoms with E-state index in [0.717, 1.165) is 25.1 Å². The summed E-state index contributed by atoms with van der Waals surface area (Å²) in [7, 11) is 0. The van der Waals surface area contributed by atoms with Crippen LogP contribution in [-0.2, 0) is 13.0 Å². The molecule has 0 saturated carbocycles. The summed E-state index contributed by atoms with van der Waals surface area (Å²) in [5.41, 5.74) is 8.58. The minimum Gasteiger partial charge on any atom is -0.389 e. The van der Waals surface area contributed by atoms with E-state index in [4.69, 9.17) is 5.73 Å². The van der Waals surface area contributed by atoms with Crippen molar-refractivity contribution in [3.05, 3.63) is 34.9 Å². The molecule has 88 valence electrons. The van der Waals surface area contributed by atoms with Gasteiger partial charge in [-0.3, -0.25) is 0 Å². The number of nitrogens with one attached hydrogen (secondary N) is 1. The Hall–Kier alpha value is -0.940. The first-order chi connectivity index (χ1) is 7.72. The average molecular weight is 222 g/mol. The van der Waals surface area contributed by atoms with Crippen LogP contribution in [0.4, 0.5) is 0 Å². The van der Waals surface area contributed by atoms with Crippen molar-refractivity contribution in [2.45, 2.75) is 25.2 Å². The highest BCUT2D eigenvalue weighted by Crippen LogP contribution is 2.22. The molecule has 0 saturated heterocycles. The van der Waals surface area contributed by atoms with Crippen LogP contribution in [0.25, 0.3) is 0 Å². The van der Waals surface area contributed by atoms with Gasteiger partial charge in [0.15, 0.2) is 0 Å². The predicted octanol–water partition coefficient (Wildman–Crippen LogP) is -0.315. The fourth-order valence-electron chi connectivity index (χ4n) is 2.04. The second kappa shape index (κ2) is 4.93. The molecule has 4 nitrogen and oxygen atoms in total. The largest absolute Gasteiger partial charge is 0.389 e. The van der Waals surface area contributed by atoms with Crippen LogP contribution in [0.1, 0.15) is 22.8 Å². The summed E-state index contributed by atoms with van der Waals surface area (Å²) in [5.74, 6) is 0. The van der Waals surface area contributed by atoms with E-state index in [1.807, 2.05) is 18.2 Å². The van der Waals surface area contributed by atoms with Crippen molar-refractivity contribution >= 4 is 0 Å². The molecule has 0 aliphatic carbocycles. The quantitative estimate of drug-likeness (QED) is 0.565. The molecular formula is C12H18N2O2. The number of nitrogens with two attached hydrogens (primary N) is 1. The van der Waals surface area contributed by atoms with Gasteiger partial charge in [-0.15, -0.1) is 0 Å². The normalized spacial score (nSPS) is 18.9. The molecule has 1 aliphatic heterocycles. The molecule has 1 aromatic carbocycles. The number of fused-ring (bicyclic) bond motifs is 1. The number of aliphatic hydroxyl groups is 2. The Morgan fingerprint density at radius 2 is 2.12 bits per heavy atom. The molecule has 0 fully saturated rings. The molecule has 16 heavy (non-hydrogen) atoms. The SMILES string of the molecule is NCC(O)C(O)c1ccc2c(c1)CNCC2. The standard InChI is InChI=1S/C12H18N2O2/c13-6-11(15)12(16)9-2-1-8-3-4-14-7-10(8)5-9/h1-2,5,11-12,14-16H,3-4,6-7,13H2. The van der Waals surface area contributed by atoms with Crippen molar-refractivity contribution in [2.75, 3.05) is 13.1 Å². The maximum Gasteiger partial charge on any atom is 0.106 e. The summed E-state index contributed by atoms with van der Waals surface area (Å²) in [6.45, 7) is 1.89. The molecule has 4 heteroatoms. The van der Waals surface area contributed by atoms with E-state index >= 15 is 0 Å². The smallest absolute Gasteiger partial charge is 0.106 e. The zero-order valence-corrected chi connectivity index (χ0v) is 9.19. The van der Waals surface area contributed by atoms with Crippen molar-refractivity contribution in [1.82, 2.24) is 5.32 Å². The lowest BCUT2D eigenvalue weighted by Gasteiger charge is -2.21. The average Bonchev–Trinajstić information content (AvgIpc) is 2.36. The van der Waals surface area contributed by atoms with Gasteiger partial charge >= 0.3 is 0 Å². The highest BCUT2D eigenvalue weighted by atomic mass is 16.3. The summed E-state index contributed by atoms with van der Waals surface area (Å²) in [6.07, 6.45) is -0.766. The lowest BCUT2D eigenvalue weighted by Crippen LogP contribution is -2.28. The molecule has 2 atom stereocenters. The predicted molar refractivity (Wildman–Crippen MR) is 61.9 cm³/mol. The van der Waals surface area contributed by atoms with Gasteiger partial charge in [-0.1, -0.05) is 18.2 Å². The van der Waals surface area contributed by atoms with Crippen LogP contribution in [0.2, 0.25) is 0 Å². The molecule has 1 heterocycles. The molecule has 2 rings (SSSR count). The van der Waals surface area contributed by atoms with Crippen LogP contribution in [0.3, 0.4) is 0 Å². The van der Waals surface area contributed by atoms with Crippen LogP contribution in [0.5, 0.6) is 0 Å². The Balaban J connectivity index is 2.22. The Morgan fingerprint density at radius 3 is 2.88 bits per heavy atom. The minimum atomic E-state index is -0.894. The van der Waals surface area contributed by atoms with Crippen LogP contribution >= 0.6 is 0 Å². The molecule has 1 aliphatic rings. The number of benzene rings is 1. The number of rotatable bonds is 3. The fraction of sp³-hybridized carbons (Fsp3) is 0.500. The zero-order valence-electron chi connectivity index (χ0n) is 9.19. The van der Waals surface area contributed by atoms with E-state index in [2.05, 4.69) is 5.32 Å². The maximum absolute atomic E-state index is 9.84. The van der Waals surface area contributed by atoms with E-state index in [-0.39, 0.29) is 6.54 Å². The lowest BCUT2D eigenvalue weighted by atomic mass is 9.95. The van der Waals surface area contributed by atoms with Crippen molar-refractivity contribution in [1.29, 1.82) is 0 Å². The van der Waals surface area contributed by atoms with Gasteiger partial charge in [0.1, 0.15) is 6.10 Å². The van der Waals surface area contributed by atoms with Crippen molar-refractivity contribution in [2.24, 2.45) is 5.73 Å². The lowest BCUT2D eigenvalue weighted by molar-refractivity contribution is 0.0243. The van der Waals surface area contributed by atoms with Gasteiger partial charge in [-0.2, -0.15) is 0 Å². The van der Waals surface area contributed by atoms with Crippen LogP contribution in [0, 0.1) is 0 Å². The van der Waals surface area contributed by atoms with E-state index in [0.29, 0.717) is 0 Å². The van der Waals surface area contributed by atoms with Gasteiger partial charge in [0.05, 0.1) is 6.10 Å². The van der Waals surface area contributed by atoms with Crippen LogP contribution < -0.4 is 11.1 Å². The fourth-order valence-corrected chi connectivity index (χ4v) is 2.04. The van der Waals surface area contributed by atoms with E-state index in [1.54, 1.807) is 0 Å². The van der Waals surface area contributed by atoms with Crippen molar-refractivity contribution in [3.8, 4) is 0 Å². The molecule has 2 unspecified atom stereocenters. The van der Waals surface area contributed by atoms with Gasteiger partial charge in [0.2, 0.25) is 0 Å². The first kappa shape index (κ1) is 11.5. The first-order valence-corrected chi connectivity index (χ1v) is 5.61.